The van der Waals surface area contributed by atoms with Crippen molar-refractivity contribution < 1.29 is 27.5 Å². The number of anilines is 1. The fourth-order valence-corrected chi connectivity index (χ4v) is 2.89. The van der Waals surface area contributed by atoms with Crippen LogP contribution in [0.2, 0.25) is 10.0 Å². The lowest BCUT2D eigenvalue weighted by Crippen LogP contribution is -2.51. The quantitative estimate of drug-likeness (QED) is 0.506. The number of hydrazine groups is 1. The summed E-state index contributed by atoms with van der Waals surface area (Å²) >= 11 is 11.9. The molecule has 168 valence electrons. The number of halogens is 5. The molecule has 2 aromatic carbocycles. The van der Waals surface area contributed by atoms with E-state index in [1.807, 2.05) is 0 Å². The molecule has 0 aliphatic rings. The Hall–Kier alpha value is -2.65. The first-order valence-corrected chi connectivity index (χ1v) is 9.84. The smallest absolute Gasteiger partial charge is 0.416 e. The number of ether oxygens (including phenoxy) is 1. The van der Waals surface area contributed by atoms with Gasteiger partial charge in [0.25, 0.3) is 11.8 Å². The molecule has 2 amide bonds. The van der Waals surface area contributed by atoms with E-state index in [0.29, 0.717) is 10.8 Å². The summed E-state index contributed by atoms with van der Waals surface area (Å²) in [6.45, 7) is 3.05. The fourth-order valence-electron chi connectivity index (χ4n) is 2.46. The molecular formula is C20H20Cl2F3N3O3. The van der Waals surface area contributed by atoms with Crippen LogP contribution in [0.3, 0.4) is 0 Å². The maximum Gasteiger partial charge on any atom is 0.416 e. The number of para-hydroxylation sites is 1. The minimum absolute atomic E-state index is 0.150. The van der Waals surface area contributed by atoms with Crippen LogP contribution in [0, 0.1) is 5.92 Å². The fraction of sp³-hybridized carbons (Fsp3) is 0.300. The molecule has 11 heteroatoms. The summed E-state index contributed by atoms with van der Waals surface area (Å²) < 4.78 is 43.6. The van der Waals surface area contributed by atoms with E-state index in [1.54, 1.807) is 38.1 Å². The van der Waals surface area contributed by atoms with Gasteiger partial charge in [0.05, 0.1) is 21.3 Å². The first-order valence-electron chi connectivity index (χ1n) is 9.08. The first kappa shape index (κ1) is 24.6. The van der Waals surface area contributed by atoms with Gasteiger partial charge >= 0.3 is 6.18 Å². The van der Waals surface area contributed by atoms with E-state index in [2.05, 4.69) is 16.2 Å². The molecule has 0 saturated carbocycles. The Morgan fingerprint density at radius 1 is 1.03 bits per heavy atom. The van der Waals surface area contributed by atoms with Crippen molar-refractivity contribution in [2.45, 2.75) is 26.1 Å². The van der Waals surface area contributed by atoms with Crippen molar-refractivity contribution >= 4 is 40.7 Å². The average Bonchev–Trinajstić information content (AvgIpc) is 2.69. The highest BCUT2D eigenvalue weighted by atomic mass is 35.5. The molecule has 0 aliphatic heterocycles. The van der Waals surface area contributed by atoms with Crippen LogP contribution >= 0.6 is 23.2 Å². The average molecular weight is 478 g/mol. The summed E-state index contributed by atoms with van der Waals surface area (Å²) in [5.74, 6) is -1.22. The highest BCUT2D eigenvalue weighted by Gasteiger charge is 2.31. The van der Waals surface area contributed by atoms with Gasteiger partial charge in [-0.1, -0.05) is 49.2 Å². The number of carbonyl (C=O) groups is 2. The number of hydrogen-bond acceptors (Lipinski definition) is 4. The Balaban J connectivity index is 1.95. The van der Waals surface area contributed by atoms with E-state index in [-0.39, 0.29) is 16.6 Å². The van der Waals surface area contributed by atoms with Crippen molar-refractivity contribution in [1.82, 2.24) is 10.9 Å². The van der Waals surface area contributed by atoms with Gasteiger partial charge in [-0.15, -0.1) is 0 Å². The van der Waals surface area contributed by atoms with Crippen molar-refractivity contribution in [2.75, 3.05) is 11.9 Å². The predicted octanol–water partition coefficient (Wildman–Crippen LogP) is 4.68. The summed E-state index contributed by atoms with van der Waals surface area (Å²) in [5, 5.41) is 2.94. The van der Waals surface area contributed by atoms with Crippen molar-refractivity contribution in [3.63, 3.8) is 0 Å². The molecule has 1 atom stereocenters. The van der Waals surface area contributed by atoms with Gasteiger partial charge < -0.3 is 10.1 Å². The van der Waals surface area contributed by atoms with Crippen LogP contribution in [-0.4, -0.2) is 24.5 Å². The molecule has 2 rings (SSSR count). The van der Waals surface area contributed by atoms with Crippen molar-refractivity contribution in [1.29, 1.82) is 0 Å². The Kier molecular flexibility index (Phi) is 8.41. The number of alkyl halides is 3. The monoisotopic (exact) mass is 477 g/mol. The van der Waals surface area contributed by atoms with Crippen LogP contribution in [0.5, 0.6) is 5.75 Å². The topological polar surface area (TPSA) is 79.5 Å². The Morgan fingerprint density at radius 2 is 1.71 bits per heavy atom. The summed E-state index contributed by atoms with van der Waals surface area (Å²) in [5.41, 5.74) is 3.71. The van der Waals surface area contributed by atoms with E-state index in [4.69, 9.17) is 27.9 Å². The highest BCUT2D eigenvalue weighted by molar-refractivity contribution is 6.33. The molecule has 0 unspecified atom stereocenters. The number of nitrogens with one attached hydrogen (secondary N) is 3. The predicted molar refractivity (Wildman–Crippen MR) is 112 cm³/mol. The molecule has 2 aromatic rings. The first-order chi connectivity index (χ1) is 14.5. The zero-order valence-electron chi connectivity index (χ0n) is 16.5. The minimum atomic E-state index is -4.53. The molecule has 0 fully saturated rings. The summed E-state index contributed by atoms with van der Waals surface area (Å²) in [4.78, 5) is 24.4. The van der Waals surface area contributed by atoms with Gasteiger partial charge in [0.15, 0.2) is 6.61 Å². The Morgan fingerprint density at radius 3 is 2.29 bits per heavy atom. The maximum absolute atomic E-state index is 12.8. The molecule has 0 aliphatic carbocycles. The normalized spacial score (nSPS) is 12.3. The minimum Gasteiger partial charge on any atom is -0.482 e. The zero-order chi connectivity index (χ0) is 23.2. The summed E-state index contributed by atoms with van der Waals surface area (Å²) in [6, 6.07) is 8.46. The lowest BCUT2D eigenvalue weighted by atomic mass is 10.0. The highest BCUT2D eigenvalue weighted by Crippen LogP contribution is 2.34. The number of benzene rings is 2. The Bertz CT molecular complexity index is 939. The summed E-state index contributed by atoms with van der Waals surface area (Å²) in [7, 11) is 0. The van der Waals surface area contributed by atoms with Crippen LogP contribution in [-0.2, 0) is 15.8 Å². The van der Waals surface area contributed by atoms with Crippen LogP contribution in [0.4, 0.5) is 18.9 Å². The zero-order valence-corrected chi connectivity index (χ0v) is 18.0. The van der Waals surface area contributed by atoms with Crippen LogP contribution in [0.15, 0.2) is 42.5 Å². The lowest BCUT2D eigenvalue weighted by Gasteiger charge is -2.23. The molecule has 3 N–H and O–H groups in total. The number of amides is 2. The molecule has 0 aromatic heterocycles. The van der Waals surface area contributed by atoms with Crippen molar-refractivity contribution in [2.24, 2.45) is 5.92 Å². The van der Waals surface area contributed by atoms with Gasteiger partial charge in [0.1, 0.15) is 11.8 Å². The molecule has 0 saturated heterocycles. The molecule has 0 radical (unpaired) electrons. The molecule has 0 heterocycles. The van der Waals surface area contributed by atoms with Gasteiger partial charge in [-0.2, -0.15) is 13.2 Å². The standard InChI is InChI=1S/C20H20Cl2F3N3O3/c1-11(2)18(26-15-8-7-12(9-14(15)22)20(23,24)25)19(30)28-27-17(29)10-31-16-6-4-3-5-13(16)21/h3-9,11,18,26H,10H2,1-2H3,(H,27,29)(H,28,30)/t18-/m1/s1. The molecule has 6 nitrogen and oxygen atoms in total. The number of hydrogen-bond donors (Lipinski definition) is 3. The largest absolute Gasteiger partial charge is 0.482 e. The van der Waals surface area contributed by atoms with Gasteiger partial charge in [-0.25, -0.2) is 0 Å². The molecule has 0 spiro atoms. The van der Waals surface area contributed by atoms with Crippen molar-refractivity contribution in [3.05, 3.63) is 58.1 Å². The van der Waals surface area contributed by atoms with Gasteiger partial charge in [0, 0.05) is 0 Å². The summed E-state index contributed by atoms with van der Waals surface area (Å²) in [6.07, 6.45) is -4.53. The third-order valence-corrected chi connectivity index (χ3v) is 4.70. The second kappa shape index (κ2) is 10.6. The van der Waals surface area contributed by atoms with Crippen LogP contribution < -0.4 is 20.9 Å². The number of rotatable bonds is 7. The maximum atomic E-state index is 12.8. The third-order valence-electron chi connectivity index (χ3n) is 4.08. The van der Waals surface area contributed by atoms with Crippen LogP contribution in [0.25, 0.3) is 0 Å². The van der Waals surface area contributed by atoms with Crippen LogP contribution in [0.1, 0.15) is 19.4 Å². The number of carbonyl (C=O) groups excluding carboxylic acids is 2. The van der Waals surface area contributed by atoms with E-state index >= 15 is 0 Å². The van der Waals surface area contributed by atoms with E-state index in [1.165, 1.54) is 0 Å². The second-order valence-electron chi connectivity index (χ2n) is 6.81. The van der Waals surface area contributed by atoms with E-state index in [0.717, 1.165) is 18.2 Å². The molecule has 31 heavy (non-hydrogen) atoms. The second-order valence-corrected chi connectivity index (χ2v) is 7.63. The Labute approximate surface area is 187 Å². The lowest BCUT2D eigenvalue weighted by molar-refractivity contribution is -0.137. The van der Waals surface area contributed by atoms with E-state index < -0.39 is 36.2 Å². The molecular weight excluding hydrogens is 458 g/mol. The van der Waals surface area contributed by atoms with Gasteiger partial charge in [0.2, 0.25) is 0 Å². The van der Waals surface area contributed by atoms with E-state index in [9.17, 15) is 22.8 Å². The third kappa shape index (κ3) is 7.22. The van der Waals surface area contributed by atoms with Crippen molar-refractivity contribution in [3.8, 4) is 5.75 Å². The van der Waals surface area contributed by atoms with Gasteiger partial charge in [-0.3, -0.25) is 20.4 Å². The van der Waals surface area contributed by atoms with Gasteiger partial charge in [-0.05, 0) is 36.2 Å². The SMILES string of the molecule is CC(C)[C@@H](Nc1ccc(C(F)(F)F)cc1Cl)C(=O)NNC(=O)COc1ccccc1Cl. The molecule has 0 bridgehead atoms.